The summed E-state index contributed by atoms with van der Waals surface area (Å²) in [5, 5.41) is 0. The number of carbonyl (C=O) groups is 1. The number of piperazine rings is 1. The fourth-order valence-corrected chi connectivity index (χ4v) is 1.62. The van der Waals surface area contributed by atoms with Crippen molar-refractivity contribution in [1.29, 1.82) is 0 Å². The molecule has 0 aliphatic carbocycles. The van der Waals surface area contributed by atoms with Crippen LogP contribution in [0.1, 0.15) is 10.5 Å². The van der Waals surface area contributed by atoms with E-state index in [1.807, 2.05) is 4.90 Å². The molecule has 1 aliphatic heterocycles. The van der Waals surface area contributed by atoms with Crippen molar-refractivity contribution in [2.24, 2.45) is 0 Å². The minimum atomic E-state index is 0.0251. The van der Waals surface area contributed by atoms with Crippen LogP contribution in [-0.4, -0.2) is 53.9 Å². The molecular weight excluding hydrogens is 190 g/mol. The standard InChI is InChI=1S/C11H14N3O/c1-13-6-8-14(9-7-13)11(15)10-4-2-3-5-12-10/h2,4-5H,6-9H2,1H3. The van der Waals surface area contributed by atoms with Gasteiger partial charge in [0, 0.05) is 38.4 Å². The van der Waals surface area contributed by atoms with Gasteiger partial charge in [-0.2, -0.15) is 0 Å². The van der Waals surface area contributed by atoms with Gasteiger partial charge in [0.2, 0.25) is 0 Å². The Kier molecular flexibility index (Phi) is 2.97. The van der Waals surface area contributed by atoms with E-state index in [1.54, 1.807) is 12.1 Å². The minimum absolute atomic E-state index is 0.0251. The third kappa shape index (κ3) is 2.33. The molecule has 4 heteroatoms. The average molecular weight is 204 g/mol. The molecule has 1 aliphatic rings. The van der Waals surface area contributed by atoms with Crippen molar-refractivity contribution >= 4 is 5.91 Å². The fourth-order valence-electron chi connectivity index (χ4n) is 1.62. The quantitative estimate of drug-likeness (QED) is 0.659. The molecule has 15 heavy (non-hydrogen) atoms. The fraction of sp³-hybridized carbons (Fsp3) is 0.455. The van der Waals surface area contributed by atoms with E-state index in [0.717, 1.165) is 26.2 Å². The summed E-state index contributed by atoms with van der Waals surface area (Å²) >= 11 is 0. The number of aromatic nitrogens is 1. The Morgan fingerprint density at radius 2 is 2.13 bits per heavy atom. The zero-order valence-electron chi connectivity index (χ0n) is 8.81. The highest BCUT2D eigenvalue weighted by atomic mass is 16.2. The van der Waals surface area contributed by atoms with E-state index in [9.17, 15) is 4.79 Å². The highest BCUT2D eigenvalue weighted by Gasteiger charge is 2.20. The largest absolute Gasteiger partial charge is 0.335 e. The van der Waals surface area contributed by atoms with E-state index in [2.05, 4.69) is 23.0 Å². The van der Waals surface area contributed by atoms with Crippen molar-refractivity contribution in [3.8, 4) is 0 Å². The molecule has 1 aromatic rings. The summed E-state index contributed by atoms with van der Waals surface area (Å²) in [6.45, 7) is 3.45. The third-order valence-electron chi connectivity index (χ3n) is 2.63. The first-order valence-electron chi connectivity index (χ1n) is 5.07. The van der Waals surface area contributed by atoms with Gasteiger partial charge >= 0.3 is 0 Å². The molecule has 0 atom stereocenters. The predicted octanol–water partition coefficient (Wildman–Crippen LogP) is 0.269. The first-order valence-corrected chi connectivity index (χ1v) is 5.07. The smallest absolute Gasteiger partial charge is 0.272 e. The first-order chi connectivity index (χ1) is 7.27. The maximum atomic E-state index is 11.9. The molecule has 1 radical (unpaired) electrons. The van der Waals surface area contributed by atoms with Gasteiger partial charge in [-0.3, -0.25) is 9.78 Å². The van der Waals surface area contributed by atoms with Crippen LogP contribution in [0.3, 0.4) is 0 Å². The number of rotatable bonds is 1. The SMILES string of the molecule is CN1CCN(C(=O)c2cc[c]cn2)CC1. The van der Waals surface area contributed by atoms with Gasteiger partial charge in [0.1, 0.15) is 5.69 Å². The van der Waals surface area contributed by atoms with E-state index in [0.29, 0.717) is 5.69 Å². The summed E-state index contributed by atoms with van der Waals surface area (Å²) < 4.78 is 0. The van der Waals surface area contributed by atoms with Crippen LogP contribution in [0.15, 0.2) is 18.3 Å². The van der Waals surface area contributed by atoms with Gasteiger partial charge in [0.05, 0.1) is 0 Å². The second kappa shape index (κ2) is 4.40. The average Bonchev–Trinajstić information content (AvgIpc) is 2.30. The lowest BCUT2D eigenvalue weighted by Gasteiger charge is -2.32. The Labute approximate surface area is 89.5 Å². The van der Waals surface area contributed by atoms with Gasteiger partial charge in [-0.05, 0) is 13.1 Å². The number of hydrogen-bond acceptors (Lipinski definition) is 3. The van der Waals surface area contributed by atoms with Crippen molar-refractivity contribution in [2.45, 2.75) is 0 Å². The van der Waals surface area contributed by atoms with Crippen LogP contribution in [-0.2, 0) is 0 Å². The molecule has 1 fully saturated rings. The lowest BCUT2D eigenvalue weighted by atomic mass is 10.2. The zero-order valence-corrected chi connectivity index (χ0v) is 8.81. The van der Waals surface area contributed by atoms with Crippen LogP contribution in [0.5, 0.6) is 0 Å². The Morgan fingerprint density at radius 1 is 1.40 bits per heavy atom. The summed E-state index contributed by atoms with van der Waals surface area (Å²) in [5.74, 6) is 0.0251. The molecule has 0 aromatic carbocycles. The highest BCUT2D eigenvalue weighted by Crippen LogP contribution is 2.05. The van der Waals surface area contributed by atoms with Gasteiger partial charge in [-0.25, -0.2) is 0 Å². The summed E-state index contributed by atoms with van der Waals surface area (Å²) in [6.07, 6.45) is 1.53. The Bertz CT molecular complexity index is 331. The van der Waals surface area contributed by atoms with Crippen LogP contribution in [0.4, 0.5) is 0 Å². The predicted molar refractivity (Wildman–Crippen MR) is 56.5 cm³/mol. The third-order valence-corrected chi connectivity index (χ3v) is 2.63. The Morgan fingerprint density at radius 3 is 2.73 bits per heavy atom. The Hall–Kier alpha value is -1.42. The Balaban J connectivity index is 2.03. The molecule has 1 aromatic heterocycles. The lowest BCUT2D eigenvalue weighted by molar-refractivity contribution is 0.0658. The van der Waals surface area contributed by atoms with E-state index < -0.39 is 0 Å². The molecule has 1 amide bonds. The van der Waals surface area contributed by atoms with Crippen molar-refractivity contribution in [1.82, 2.24) is 14.8 Å². The van der Waals surface area contributed by atoms with Crippen molar-refractivity contribution in [3.63, 3.8) is 0 Å². The normalized spacial score (nSPS) is 17.8. The number of hydrogen-bond donors (Lipinski definition) is 0. The van der Waals surface area contributed by atoms with E-state index in [1.165, 1.54) is 6.20 Å². The molecule has 0 bridgehead atoms. The van der Waals surface area contributed by atoms with E-state index >= 15 is 0 Å². The number of pyridine rings is 1. The molecule has 2 rings (SSSR count). The minimum Gasteiger partial charge on any atom is -0.335 e. The first kappa shape index (κ1) is 10.1. The molecule has 0 N–H and O–H groups in total. The summed E-state index contributed by atoms with van der Waals surface area (Å²) in [7, 11) is 2.07. The van der Waals surface area contributed by atoms with Gasteiger partial charge < -0.3 is 9.80 Å². The second-order valence-electron chi connectivity index (χ2n) is 3.74. The second-order valence-corrected chi connectivity index (χ2v) is 3.74. The maximum Gasteiger partial charge on any atom is 0.272 e. The van der Waals surface area contributed by atoms with Gasteiger partial charge in [-0.15, -0.1) is 0 Å². The molecular formula is C11H14N3O. The molecule has 0 spiro atoms. The van der Waals surface area contributed by atoms with Gasteiger partial charge in [0.15, 0.2) is 0 Å². The van der Waals surface area contributed by atoms with Crippen molar-refractivity contribution in [2.75, 3.05) is 33.2 Å². The lowest BCUT2D eigenvalue weighted by Crippen LogP contribution is -2.47. The topological polar surface area (TPSA) is 36.4 Å². The summed E-state index contributed by atoms with van der Waals surface area (Å²) in [5.41, 5.74) is 0.512. The van der Waals surface area contributed by atoms with Gasteiger partial charge in [-0.1, -0.05) is 6.07 Å². The number of carbonyl (C=O) groups excluding carboxylic acids is 1. The monoisotopic (exact) mass is 204 g/mol. The van der Waals surface area contributed by atoms with Gasteiger partial charge in [0.25, 0.3) is 5.91 Å². The number of amides is 1. The van der Waals surface area contributed by atoms with Crippen LogP contribution in [0.2, 0.25) is 0 Å². The molecule has 79 valence electrons. The van der Waals surface area contributed by atoms with E-state index in [-0.39, 0.29) is 5.91 Å². The summed E-state index contributed by atoms with van der Waals surface area (Å²) in [6, 6.07) is 6.24. The molecule has 4 nitrogen and oxygen atoms in total. The number of likely N-dealkylation sites (N-methyl/N-ethyl adjacent to an activating group) is 1. The highest BCUT2D eigenvalue weighted by molar-refractivity contribution is 5.92. The molecule has 0 unspecified atom stereocenters. The number of nitrogens with zero attached hydrogens (tertiary/aromatic N) is 3. The molecule has 2 heterocycles. The molecule has 0 saturated carbocycles. The van der Waals surface area contributed by atoms with Crippen LogP contribution >= 0.6 is 0 Å². The van der Waals surface area contributed by atoms with E-state index in [4.69, 9.17) is 0 Å². The van der Waals surface area contributed by atoms with Crippen LogP contribution < -0.4 is 0 Å². The van der Waals surface area contributed by atoms with Crippen LogP contribution in [0, 0.1) is 6.07 Å². The van der Waals surface area contributed by atoms with Crippen LogP contribution in [0.25, 0.3) is 0 Å². The van der Waals surface area contributed by atoms with Crippen molar-refractivity contribution < 1.29 is 4.79 Å². The summed E-state index contributed by atoms with van der Waals surface area (Å²) in [4.78, 5) is 20.0. The van der Waals surface area contributed by atoms with Crippen molar-refractivity contribution in [3.05, 3.63) is 30.1 Å². The zero-order chi connectivity index (χ0) is 10.7. The molecule has 1 saturated heterocycles. The maximum absolute atomic E-state index is 11.9.